The summed E-state index contributed by atoms with van der Waals surface area (Å²) >= 11 is 0. The zero-order chi connectivity index (χ0) is 16.4. The molecule has 0 amide bonds. The number of likely N-dealkylation sites (N-methyl/N-ethyl adjacent to an activating group) is 1. The van der Waals surface area contributed by atoms with Gasteiger partial charge in [0, 0.05) is 30.7 Å². The van der Waals surface area contributed by atoms with Crippen LogP contribution in [0.3, 0.4) is 0 Å². The van der Waals surface area contributed by atoms with Crippen molar-refractivity contribution in [3.8, 4) is 0 Å². The number of nitrogens with one attached hydrogen (secondary N) is 1. The third-order valence-corrected chi connectivity index (χ3v) is 5.88. The second-order valence-electron chi connectivity index (χ2n) is 6.31. The van der Waals surface area contributed by atoms with E-state index in [9.17, 15) is 8.42 Å². The van der Waals surface area contributed by atoms with Crippen molar-refractivity contribution in [2.45, 2.75) is 25.6 Å². The monoisotopic (exact) mass is 333 g/mol. The number of sulfonamides is 1. The summed E-state index contributed by atoms with van der Waals surface area (Å²) in [5.74, 6) is 0.298. The van der Waals surface area contributed by atoms with Crippen molar-refractivity contribution >= 4 is 20.9 Å². The first-order chi connectivity index (χ1) is 11.0. The minimum absolute atomic E-state index is 0.0112. The maximum atomic E-state index is 12.6. The van der Waals surface area contributed by atoms with Crippen LogP contribution in [0.2, 0.25) is 0 Å². The Morgan fingerprint density at radius 2 is 2.04 bits per heavy atom. The summed E-state index contributed by atoms with van der Waals surface area (Å²) in [5, 5.41) is 0.964. The molecule has 2 aromatic rings. The molecular formula is C17H23N3O2S. The van der Waals surface area contributed by atoms with Gasteiger partial charge in [-0.3, -0.25) is 4.98 Å². The van der Waals surface area contributed by atoms with Gasteiger partial charge in [-0.15, -0.1) is 0 Å². The molecule has 3 rings (SSSR count). The lowest BCUT2D eigenvalue weighted by Crippen LogP contribution is -2.40. The van der Waals surface area contributed by atoms with Crippen LogP contribution in [0.1, 0.15) is 19.4 Å². The molecule has 5 nitrogen and oxygen atoms in total. The van der Waals surface area contributed by atoms with Crippen molar-refractivity contribution in [3.05, 3.63) is 42.1 Å². The van der Waals surface area contributed by atoms with E-state index in [2.05, 4.69) is 28.5 Å². The van der Waals surface area contributed by atoms with E-state index in [1.165, 1.54) is 0 Å². The molecule has 1 aromatic heterocycles. The molecule has 1 aliphatic heterocycles. The SMILES string of the molecule is CCN1CC(C)C(NS(=O)(=O)Cc2cccc3cccnc23)C1. The number of hydrogen-bond donors (Lipinski definition) is 1. The largest absolute Gasteiger partial charge is 0.302 e. The fourth-order valence-corrected chi connectivity index (χ4v) is 4.73. The van der Waals surface area contributed by atoms with Gasteiger partial charge in [-0.25, -0.2) is 13.1 Å². The number of rotatable bonds is 5. The van der Waals surface area contributed by atoms with Crippen LogP contribution in [0, 0.1) is 5.92 Å². The van der Waals surface area contributed by atoms with Gasteiger partial charge < -0.3 is 4.90 Å². The van der Waals surface area contributed by atoms with Gasteiger partial charge in [-0.1, -0.05) is 38.1 Å². The minimum Gasteiger partial charge on any atom is -0.302 e. The lowest BCUT2D eigenvalue weighted by molar-refractivity contribution is 0.344. The molecule has 1 aromatic carbocycles. The van der Waals surface area contributed by atoms with Crippen molar-refractivity contribution in [3.63, 3.8) is 0 Å². The van der Waals surface area contributed by atoms with E-state index in [1.54, 1.807) is 6.20 Å². The third-order valence-electron chi connectivity index (χ3n) is 4.53. The van der Waals surface area contributed by atoms with Gasteiger partial charge in [0.1, 0.15) is 0 Å². The zero-order valence-corrected chi connectivity index (χ0v) is 14.4. The highest BCUT2D eigenvalue weighted by Crippen LogP contribution is 2.20. The normalized spacial score (nSPS) is 22.7. The predicted molar refractivity (Wildman–Crippen MR) is 92.6 cm³/mol. The summed E-state index contributed by atoms with van der Waals surface area (Å²) < 4.78 is 28.1. The summed E-state index contributed by atoms with van der Waals surface area (Å²) in [4.78, 5) is 6.61. The first kappa shape index (κ1) is 16.4. The highest BCUT2D eigenvalue weighted by atomic mass is 32.2. The van der Waals surface area contributed by atoms with Gasteiger partial charge in [0.05, 0.1) is 11.3 Å². The number of nitrogens with zero attached hydrogens (tertiary/aromatic N) is 2. The van der Waals surface area contributed by atoms with E-state index in [4.69, 9.17) is 0 Å². The Labute approximate surface area is 137 Å². The Hall–Kier alpha value is -1.50. The molecule has 1 aliphatic rings. The van der Waals surface area contributed by atoms with Crippen LogP contribution >= 0.6 is 0 Å². The van der Waals surface area contributed by atoms with Crippen LogP contribution in [0.25, 0.3) is 10.9 Å². The molecule has 124 valence electrons. The van der Waals surface area contributed by atoms with E-state index in [-0.39, 0.29) is 11.8 Å². The second kappa shape index (κ2) is 6.55. The van der Waals surface area contributed by atoms with Crippen LogP contribution in [0.4, 0.5) is 0 Å². The van der Waals surface area contributed by atoms with E-state index in [0.717, 1.165) is 36.1 Å². The second-order valence-corrected chi connectivity index (χ2v) is 8.06. The number of hydrogen-bond acceptors (Lipinski definition) is 4. The van der Waals surface area contributed by atoms with E-state index >= 15 is 0 Å². The first-order valence-electron chi connectivity index (χ1n) is 8.03. The molecule has 0 radical (unpaired) electrons. The topological polar surface area (TPSA) is 62.3 Å². The molecule has 1 saturated heterocycles. The fraction of sp³-hybridized carbons (Fsp3) is 0.471. The van der Waals surface area contributed by atoms with E-state index in [0.29, 0.717) is 5.92 Å². The number of benzene rings is 1. The highest BCUT2D eigenvalue weighted by molar-refractivity contribution is 7.88. The molecule has 0 aliphatic carbocycles. The summed E-state index contributed by atoms with van der Waals surface area (Å²) in [6.07, 6.45) is 1.70. The number of likely N-dealkylation sites (tertiary alicyclic amines) is 1. The molecule has 2 atom stereocenters. The van der Waals surface area contributed by atoms with E-state index in [1.807, 2.05) is 30.3 Å². The lowest BCUT2D eigenvalue weighted by atomic mass is 10.1. The molecule has 0 spiro atoms. The predicted octanol–water partition coefficient (Wildman–Crippen LogP) is 1.99. The standard InChI is InChI=1S/C17H23N3O2S/c1-3-20-10-13(2)16(11-20)19-23(21,22)12-15-7-4-6-14-8-5-9-18-17(14)15/h4-9,13,16,19H,3,10-12H2,1-2H3. The minimum atomic E-state index is -3.39. The smallest absolute Gasteiger partial charge is 0.216 e. The summed E-state index contributed by atoms with van der Waals surface area (Å²) in [6.45, 7) is 6.88. The number of fused-ring (bicyclic) bond motifs is 1. The molecule has 6 heteroatoms. The van der Waals surface area contributed by atoms with Crippen molar-refractivity contribution in [1.82, 2.24) is 14.6 Å². The molecule has 2 heterocycles. The van der Waals surface area contributed by atoms with Crippen LogP contribution in [-0.4, -0.2) is 44.0 Å². The zero-order valence-electron chi connectivity index (χ0n) is 13.6. The van der Waals surface area contributed by atoms with Crippen LogP contribution in [0.15, 0.2) is 36.5 Å². The van der Waals surface area contributed by atoms with Crippen LogP contribution < -0.4 is 4.72 Å². The van der Waals surface area contributed by atoms with Crippen molar-refractivity contribution in [2.24, 2.45) is 5.92 Å². The van der Waals surface area contributed by atoms with Crippen molar-refractivity contribution in [1.29, 1.82) is 0 Å². The number of pyridine rings is 1. The molecule has 0 bridgehead atoms. The van der Waals surface area contributed by atoms with Gasteiger partial charge in [-0.05, 0) is 24.1 Å². The van der Waals surface area contributed by atoms with Crippen molar-refractivity contribution < 1.29 is 8.42 Å². The average molecular weight is 333 g/mol. The first-order valence-corrected chi connectivity index (χ1v) is 9.68. The van der Waals surface area contributed by atoms with Crippen molar-refractivity contribution in [2.75, 3.05) is 19.6 Å². The van der Waals surface area contributed by atoms with Crippen LogP contribution in [-0.2, 0) is 15.8 Å². The Kier molecular flexibility index (Phi) is 4.66. The number of aromatic nitrogens is 1. The quantitative estimate of drug-likeness (QED) is 0.909. The molecular weight excluding hydrogens is 310 g/mol. The Bertz CT molecular complexity index is 786. The maximum Gasteiger partial charge on any atom is 0.216 e. The summed E-state index contributed by atoms with van der Waals surface area (Å²) in [6, 6.07) is 9.46. The highest BCUT2D eigenvalue weighted by Gasteiger charge is 2.31. The summed E-state index contributed by atoms with van der Waals surface area (Å²) in [5.41, 5.74) is 1.50. The van der Waals surface area contributed by atoms with Crippen LogP contribution in [0.5, 0.6) is 0 Å². The van der Waals surface area contributed by atoms with Gasteiger partial charge in [-0.2, -0.15) is 0 Å². The van der Waals surface area contributed by atoms with Gasteiger partial charge >= 0.3 is 0 Å². The molecule has 23 heavy (non-hydrogen) atoms. The summed E-state index contributed by atoms with van der Waals surface area (Å²) in [7, 11) is -3.39. The maximum absolute atomic E-state index is 12.6. The Morgan fingerprint density at radius 1 is 1.26 bits per heavy atom. The fourth-order valence-electron chi connectivity index (χ4n) is 3.24. The van der Waals surface area contributed by atoms with Gasteiger partial charge in [0.15, 0.2) is 0 Å². The van der Waals surface area contributed by atoms with Gasteiger partial charge in [0.25, 0.3) is 0 Å². The molecule has 0 saturated carbocycles. The lowest BCUT2D eigenvalue weighted by Gasteiger charge is -2.17. The average Bonchev–Trinajstić information content (AvgIpc) is 2.87. The van der Waals surface area contributed by atoms with Gasteiger partial charge in [0.2, 0.25) is 10.0 Å². The Morgan fingerprint density at radius 3 is 2.78 bits per heavy atom. The van der Waals surface area contributed by atoms with E-state index < -0.39 is 10.0 Å². The Balaban J connectivity index is 1.78. The molecule has 1 N–H and O–H groups in total. The number of para-hydroxylation sites is 1. The third kappa shape index (κ3) is 3.71. The molecule has 2 unspecified atom stereocenters. The molecule has 1 fully saturated rings.